The van der Waals surface area contributed by atoms with Crippen molar-refractivity contribution in [3.63, 3.8) is 0 Å². The Hall–Kier alpha value is -2.06. The lowest BCUT2D eigenvalue weighted by atomic mass is 10.3. The number of nitrogens with zero attached hydrogens (tertiary/aromatic N) is 2. The summed E-state index contributed by atoms with van der Waals surface area (Å²) in [4.78, 5) is 11.6. The predicted octanol–water partition coefficient (Wildman–Crippen LogP) is 1.24. The molecular formula is C15H16FN3O3S. The Kier molecular flexibility index (Phi) is 4.27. The van der Waals surface area contributed by atoms with Crippen LogP contribution in [0.1, 0.15) is 24.5 Å². The molecule has 1 aromatic carbocycles. The molecule has 1 fully saturated rings. The largest absolute Gasteiger partial charge is 0.268 e. The number of halogens is 1. The van der Waals surface area contributed by atoms with Crippen molar-refractivity contribution in [2.75, 3.05) is 6.54 Å². The fourth-order valence-corrected chi connectivity index (χ4v) is 3.28. The number of sulfonamides is 1. The maximum atomic E-state index is 13.1. The molecule has 8 heteroatoms. The predicted molar refractivity (Wildman–Crippen MR) is 82.1 cm³/mol. The highest BCUT2D eigenvalue weighted by molar-refractivity contribution is 7.89. The summed E-state index contributed by atoms with van der Waals surface area (Å²) in [5, 5.41) is 4.25. The Morgan fingerprint density at radius 2 is 2.04 bits per heavy atom. The second-order valence-electron chi connectivity index (χ2n) is 5.45. The van der Waals surface area contributed by atoms with E-state index in [1.54, 1.807) is 6.07 Å². The van der Waals surface area contributed by atoms with E-state index in [9.17, 15) is 17.6 Å². The molecule has 2 aromatic rings. The lowest BCUT2D eigenvalue weighted by Crippen LogP contribution is -2.32. The van der Waals surface area contributed by atoms with Crippen LogP contribution in [0.4, 0.5) is 4.39 Å². The molecule has 0 aliphatic heterocycles. The molecule has 0 atom stereocenters. The van der Waals surface area contributed by atoms with Crippen LogP contribution in [0, 0.1) is 5.82 Å². The molecule has 1 aliphatic carbocycles. The molecule has 1 heterocycles. The summed E-state index contributed by atoms with van der Waals surface area (Å²) in [7, 11) is -3.81. The molecular weight excluding hydrogens is 321 g/mol. The third-order valence-electron chi connectivity index (χ3n) is 3.60. The number of rotatable bonds is 6. The summed E-state index contributed by atoms with van der Waals surface area (Å²) < 4.78 is 40.8. The molecule has 0 saturated heterocycles. The molecule has 0 bridgehead atoms. The Bertz CT molecular complexity index is 876. The zero-order chi connectivity index (χ0) is 16.4. The molecule has 1 saturated carbocycles. The molecule has 0 amide bonds. The monoisotopic (exact) mass is 337 g/mol. The first-order valence-corrected chi connectivity index (χ1v) is 8.77. The standard InChI is InChI=1S/C15H16FN3O3S/c16-12-2-1-3-13(10-12)23(21,22)17-8-9-19-15(20)7-6-14(18-19)11-4-5-11/h1-3,6-7,10-11,17H,4-5,8-9H2. The van der Waals surface area contributed by atoms with Gasteiger partial charge in [-0.05, 0) is 37.1 Å². The van der Waals surface area contributed by atoms with Crippen molar-refractivity contribution in [1.82, 2.24) is 14.5 Å². The maximum absolute atomic E-state index is 13.1. The topological polar surface area (TPSA) is 81.1 Å². The fraction of sp³-hybridized carbons (Fsp3) is 0.333. The first-order chi connectivity index (χ1) is 11.0. The average molecular weight is 337 g/mol. The van der Waals surface area contributed by atoms with Gasteiger partial charge in [-0.2, -0.15) is 5.10 Å². The number of benzene rings is 1. The summed E-state index contributed by atoms with van der Waals surface area (Å²) >= 11 is 0. The van der Waals surface area contributed by atoms with E-state index < -0.39 is 15.8 Å². The fourth-order valence-electron chi connectivity index (χ4n) is 2.23. The minimum Gasteiger partial charge on any atom is -0.268 e. The highest BCUT2D eigenvalue weighted by atomic mass is 32.2. The Morgan fingerprint density at radius 1 is 1.26 bits per heavy atom. The average Bonchev–Trinajstić information content (AvgIpc) is 3.34. The van der Waals surface area contributed by atoms with Gasteiger partial charge in [-0.3, -0.25) is 4.79 Å². The van der Waals surface area contributed by atoms with Crippen molar-refractivity contribution in [3.8, 4) is 0 Å². The van der Waals surface area contributed by atoms with E-state index in [0.717, 1.165) is 24.6 Å². The van der Waals surface area contributed by atoms with Gasteiger partial charge in [0.15, 0.2) is 0 Å². The maximum Gasteiger partial charge on any atom is 0.266 e. The lowest BCUT2D eigenvalue weighted by molar-refractivity contribution is 0.540. The Morgan fingerprint density at radius 3 is 2.74 bits per heavy atom. The molecule has 1 N–H and O–H groups in total. The SMILES string of the molecule is O=c1ccc(C2CC2)nn1CCNS(=O)(=O)c1cccc(F)c1. The highest BCUT2D eigenvalue weighted by Gasteiger charge is 2.25. The minimum atomic E-state index is -3.81. The van der Waals surface area contributed by atoms with Gasteiger partial charge < -0.3 is 0 Å². The normalized spacial score (nSPS) is 14.8. The molecule has 23 heavy (non-hydrogen) atoms. The van der Waals surface area contributed by atoms with E-state index in [1.807, 2.05) is 0 Å². The van der Waals surface area contributed by atoms with Gasteiger partial charge >= 0.3 is 0 Å². The van der Waals surface area contributed by atoms with Gasteiger partial charge in [0.05, 0.1) is 17.1 Å². The van der Waals surface area contributed by atoms with Crippen LogP contribution in [-0.4, -0.2) is 24.7 Å². The summed E-state index contributed by atoms with van der Waals surface area (Å²) in [5.74, 6) is -0.214. The van der Waals surface area contributed by atoms with Crippen LogP contribution in [0.15, 0.2) is 46.1 Å². The van der Waals surface area contributed by atoms with Crippen LogP contribution in [0.2, 0.25) is 0 Å². The van der Waals surface area contributed by atoms with Gasteiger partial charge in [-0.25, -0.2) is 22.2 Å². The van der Waals surface area contributed by atoms with Crippen LogP contribution in [0.25, 0.3) is 0 Å². The van der Waals surface area contributed by atoms with Gasteiger partial charge in [0, 0.05) is 18.5 Å². The van der Waals surface area contributed by atoms with Gasteiger partial charge in [-0.15, -0.1) is 0 Å². The molecule has 122 valence electrons. The smallest absolute Gasteiger partial charge is 0.266 e. The molecule has 6 nitrogen and oxygen atoms in total. The van der Waals surface area contributed by atoms with Crippen LogP contribution in [0.5, 0.6) is 0 Å². The third kappa shape index (κ3) is 3.83. The van der Waals surface area contributed by atoms with E-state index in [2.05, 4.69) is 9.82 Å². The van der Waals surface area contributed by atoms with Crippen LogP contribution < -0.4 is 10.3 Å². The van der Waals surface area contributed by atoms with E-state index in [0.29, 0.717) is 5.92 Å². The zero-order valence-corrected chi connectivity index (χ0v) is 13.1. The zero-order valence-electron chi connectivity index (χ0n) is 12.3. The highest BCUT2D eigenvalue weighted by Crippen LogP contribution is 2.38. The van der Waals surface area contributed by atoms with Crippen molar-refractivity contribution >= 4 is 10.0 Å². The quantitative estimate of drug-likeness (QED) is 0.860. The van der Waals surface area contributed by atoms with Crippen molar-refractivity contribution in [3.05, 3.63) is 58.3 Å². The summed E-state index contributed by atoms with van der Waals surface area (Å²) in [5.41, 5.74) is 0.581. The first kappa shape index (κ1) is 15.8. The third-order valence-corrected chi connectivity index (χ3v) is 5.06. The van der Waals surface area contributed by atoms with Crippen molar-refractivity contribution in [2.24, 2.45) is 0 Å². The van der Waals surface area contributed by atoms with Crippen LogP contribution in [-0.2, 0) is 16.6 Å². The Balaban J connectivity index is 1.67. The van der Waals surface area contributed by atoms with Gasteiger partial charge in [0.2, 0.25) is 10.0 Å². The molecule has 1 aliphatic rings. The van der Waals surface area contributed by atoms with Gasteiger partial charge in [-0.1, -0.05) is 6.07 Å². The van der Waals surface area contributed by atoms with Gasteiger partial charge in [0.1, 0.15) is 5.82 Å². The van der Waals surface area contributed by atoms with Gasteiger partial charge in [0.25, 0.3) is 5.56 Å². The molecule has 0 spiro atoms. The van der Waals surface area contributed by atoms with Crippen molar-refractivity contribution in [2.45, 2.75) is 30.2 Å². The lowest BCUT2D eigenvalue weighted by Gasteiger charge is -2.09. The van der Waals surface area contributed by atoms with Crippen LogP contribution in [0.3, 0.4) is 0 Å². The summed E-state index contributed by atoms with van der Waals surface area (Å²) in [6.07, 6.45) is 2.13. The summed E-state index contributed by atoms with van der Waals surface area (Å²) in [6.45, 7) is 0.119. The number of hydrogen-bond acceptors (Lipinski definition) is 4. The van der Waals surface area contributed by atoms with Crippen LogP contribution >= 0.6 is 0 Å². The van der Waals surface area contributed by atoms with E-state index >= 15 is 0 Å². The van der Waals surface area contributed by atoms with E-state index in [4.69, 9.17) is 0 Å². The number of aromatic nitrogens is 2. The van der Waals surface area contributed by atoms with E-state index in [1.165, 1.54) is 28.9 Å². The second-order valence-corrected chi connectivity index (χ2v) is 7.22. The summed E-state index contributed by atoms with van der Waals surface area (Å²) in [6, 6.07) is 7.92. The molecule has 0 radical (unpaired) electrons. The first-order valence-electron chi connectivity index (χ1n) is 7.29. The number of nitrogens with one attached hydrogen (secondary N) is 1. The van der Waals surface area contributed by atoms with Crippen molar-refractivity contribution in [1.29, 1.82) is 0 Å². The second kappa shape index (κ2) is 6.21. The van der Waals surface area contributed by atoms with E-state index in [-0.39, 0.29) is 23.5 Å². The Labute approximate surface area is 133 Å². The molecule has 3 rings (SSSR count). The molecule has 1 aromatic heterocycles. The van der Waals surface area contributed by atoms with Crippen molar-refractivity contribution < 1.29 is 12.8 Å². The molecule has 0 unspecified atom stereocenters. The minimum absolute atomic E-state index is 0.000126. The number of hydrogen-bond donors (Lipinski definition) is 1.